The Hall–Kier alpha value is -2.68. The van der Waals surface area contributed by atoms with E-state index < -0.39 is 17.5 Å². The van der Waals surface area contributed by atoms with Crippen molar-refractivity contribution in [2.24, 2.45) is 0 Å². The van der Waals surface area contributed by atoms with Crippen LogP contribution in [0.1, 0.15) is 24.2 Å². The highest BCUT2D eigenvalue weighted by molar-refractivity contribution is 5.97. The third kappa shape index (κ3) is 4.69. The van der Waals surface area contributed by atoms with Crippen molar-refractivity contribution in [3.63, 3.8) is 0 Å². The number of hydrogen-bond donors (Lipinski definition) is 0. The molecule has 9 heteroatoms. The number of nitrogens with zero attached hydrogens (tertiary/aromatic N) is 3. The standard InChI is InChI=1S/C17H23N3O6/c1-3-18(4-2)16(21)12-26-17(22)14-11-13(20(23)24)5-6-15(14)19-7-9-25-10-8-19/h5-6,11H,3-4,7-10,12H2,1-2H3. The zero-order valence-corrected chi connectivity index (χ0v) is 15.0. The van der Waals surface area contributed by atoms with Crippen molar-refractivity contribution in [3.05, 3.63) is 33.9 Å². The summed E-state index contributed by atoms with van der Waals surface area (Å²) < 4.78 is 10.4. The topological polar surface area (TPSA) is 102 Å². The summed E-state index contributed by atoms with van der Waals surface area (Å²) in [6.07, 6.45) is 0. The van der Waals surface area contributed by atoms with Crippen molar-refractivity contribution in [1.29, 1.82) is 0 Å². The maximum Gasteiger partial charge on any atom is 0.341 e. The van der Waals surface area contributed by atoms with E-state index in [0.717, 1.165) is 0 Å². The van der Waals surface area contributed by atoms with E-state index in [1.54, 1.807) is 4.90 Å². The van der Waals surface area contributed by atoms with Crippen molar-refractivity contribution in [3.8, 4) is 0 Å². The maximum atomic E-state index is 12.5. The van der Waals surface area contributed by atoms with Crippen LogP contribution in [0.15, 0.2) is 18.2 Å². The monoisotopic (exact) mass is 365 g/mol. The van der Waals surface area contributed by atoms with Crippen LogP contribution in [0, 0.1) is 10.1 Å². The fraction of sp³-hybridized carbons (Fsp3) is 0.529. The molecule has 9 nitrogen and oxygen atoms in total. The van der Waals surface area contributed by atoms with Gasteiger partial charge in [0.15, 0.2) is 6.61 Å². The summed E-state index contributed by atoms with van der Waals surface area (Å²) in [5.41, 5.74) is 0.414. The van der Waals surface area contributed by atoms with Crippen LogP contribution in [-0.2, 0) is 14.3 Å². The van der Waals surface area contributed by atoms with Crippen molar-refractivity contribution in [2.75, 3.05) is 50.9 Å². The third-order valence-electron chi connectivity index (χ3n) is 4.21. The summed E-state index contributed by atoms with van der Waals surface area (Å²) in [4.78, 5) is 38.5. The molecule has 142 valence electrons. The van der Waals surface area contributed by atoms with E-state index >= 15 is 0 Å². The fourth-order valence-corrected chi connectivity index (χ4v) is 2.75. The van der Waals surface area contributed by atoms with Gasteiger partial charge in [-0.25, -0.2) is 4.79 Å². The van der Waals surface area contributed by atoms with E-state index in [-0.39, 0.29) is 17.2 Å². The lowest BCUT2D eigenvalue weighted by Crippen LogP contribution is -2.37. The maximum absolute atomic E-state index is 12.5. The van der Waals surface area contributed by atoms with Gasteiger partial charge in [0, 0.05) is 38.3 Å². The van der Waals surface area contributed by atoms with Gasteiger partial charge in [-0.1, -0.05) is 0 Å². The molecular formula is C17H23N3O6. The minimum absolute atomic E-state index is 0.0773. The molecule has 0 spiro atoms. The first-order valence-corrected chi connectivity index (χ1v) is 8.54. The smallest absolute Gasteiger partial charge is 0.341 e. The zero-order chi connectivity index (χ0) is 19.1. The predicted molar refractivity (Wildman–Crippen MR) is 94.3 cm³/mol. The van der Waals surface area contributed by atoms with E-state index in [9.17, 15) is 19.7 Å². The number of nitro benzene ring substituents is 1. The number of benzene rings is 1. The Labute approximate surface area is 151 Å². The van der Waals surface area contributed by atoms with Crippen molar-refractivity contribution in [2.45, 2.75) is 13.8 Å². The molecule has 1 amide bonds. The van der Waals surface area contributed by atoms with E-state index in [0.29, 0.717) is 45.1 Å². The Bertz CT molecular complexity index is 668. The summed E-state index contributed by atoms with van der Waals surface area (Å²) in [5.74, 6) is -1.06. The summed E-state index contributed by atoms with van der Waals surface area (Å²) >= 11 is 0. The first kappa shape index (κ1) is 19.6. The molecule has 0 bridgehead atoms. The van der Waals surface area contributed by atoms with Gasteiger partial charge in [0.25, 0.3) is 11.6 Å². The Kier molecular flexibility index (Phi) is 6.90. The van der Waals surface area contributed by atoms with E-state index in [1.165, 1.54) is 18.2 Å². The fourth-order valence-electron chi connectivity index (χ4n) is 2.75. The molecule has 1 aliphatic rings. The second-order valence-corrected chi connectivity index (χ2v) is 5.70. The minimum Gasteiger partial charge on any atom is -0.452 e. The quantitative estimate of drug-likeness (QED) is 0.409. The summed E-state index contributed by atoms with van der Waals surface area (Å²) in [5, 5.41) is 11.1. The number of ether oxygens (including phenoxy) is 2. The average Bonchev–Trinajstić information content (AvgIpc) is 2.67. The van der Waals surface area contributed by atoms with Crippen LogP contribution >= 0.6 is 0 Å². The van der Waals surface area contributed by atoms with Gasteiger partial charge >= 0.3 is 5.97 Å². The van der Waals surface area contributed by atoms with Crippen molar-refractivity contribution in [1.82, 2.24) is 4.90 Å². The summed E-state index contributed by atoms with van der Waals surface area (Å²) in [7, 11) is 0. The number of esters is 1. The van der Waals surface area contributed by atoms with Crippen LogP contribution in [0.25, 0.3) is 0 Å². The number of rotatable bonds is 7. The lowest BCUT2D eigenvalue weighted by molar-refractivity contribution is -0.384. The Morgan fingerprint density at radius 3 is 2.50 bits per heavy atom. The normalized spacial score (nSPS) is 14.0. The lowest BCUT2D eigenvalue weighted by Gasteiger charge is -2.30. The molecule has 0 radical (unpaired) electrons. The average molecular weight is 365 g/mol. The largest absolute Gasteiger partial charge is 0.452 e. The Morgan fingerprint density at radius 1 is 1.27 bits per heavy atom. The number of hydrogen-bond acceptors (Lipinski definition) is 7. The molecule has 0 unspecified atom stereocenters. The third-order valence-corrected chi connectivity index (χ3v) is 4.21. The predicted octanol–water partition coefficient (Wildman–Crippen LogP) is 1.46. The van der Waals surface area contributed by atoms with Gasteiger partial charge in [0.1, 0.15) is 0 Å². The number of likely N-dealkylation sites (N-methyl/N-ethyl adjacent to an activating group) is 1. The molecule has 0 aliphatic carbocycles. The minimum atomic E-state index is -0.754. The number of carbonyl (C=O) groups excluding carboxylic acids is 2. The molecule has 0 aromatic heterocycles. The van der Waals surface area contributed by atoms with Crippen molar-refractivity contribution < 1.29 is 24.0 Å². The SMILES string of the molecule is CCN(CC)C(=O)COC(=O)c1cc([N+](=O)[O-])ccc1N1CCOCC1. The van der Waals surface area contributed by atoms with Gasteiger partial charge in [-0.3, -0.25) is 14.9 Å². The molecule has 1 aliphatic heterocycles. The van der Waals surface area contributed by atoms with E-state index in [2.05, 4.69) is 0 Å². The molecule has 1 aromatic carbocycles. The van der Waals surface area contributed by atoms with Crippen LogP contribution in [0.3, 0.4) is 0 Å². The second kappa shape index (κ2) is 9.14. The van der Waals surface area contributed by atoms with Gasteiger partial charge in [-0.15, -0.1) is 0 Å². The molecule has 1 saturated heterocycles. The van der Waals surface area contributed by atoms with Crippen LogP contribution < -0.4 is 4.90 Å². The molecule has 0 atom stereocenters. The van der Waals surface area contributed by atoms with Gasteiger partial charge in [0.05, 0.1) is 29.4 Å². The van der Waals surface area contributed by atoms with Crippen LogP contribution in [0.2, 0.25) is 0 Å². The molecule has 0 saturated carbocycles. The highest BCUT2D eigenvalue weighted by atomic mass is 16.6. The lowest BCUT2D eigenvalue weighted by atomic mass is 10.1. The Balaban J connectivity index is 2.20. The molecule has 26 heavy (non-hydrogen) atoms. The first-order chi connectivity index (χ1) is 12.5. The van der Waals surface area contributed by atoms with Gasteiger partial charge < -0.3 is 19.3 Å². The first-order valence-electron chi connectivity index (χ1n) is 8.54. The number of carbonyl (C=O) groups is 2. The van der Waals surface area contributed by atoms with Crippen LogP contribution in [-0.4, -0.2) is 67.7 Å². The number of amides is 1. The van der Waals surface area contributed by atoms with Gasteiger partial charge in [-0.2, -0.15) is 0 Å². The molecule has 1 heterocycles. The second-order valence-electron chi connectivity index (χ2n) is 5.70. The number of morpholine rings is 1. The van der Waals surface area contributed by atoms with Crippen molar-refractivity contribution >= 4 is 23.3 Å². The molecule has 1 aromatic rings. The zero-order valence-electron chi connectivity index (χ0n) is 15.0. The highest BCUT2D eigenvalue weighted by Crippen LogP contribution is 2.27. The van der Waals surface area contributed by atoms with E-state index in [4.69, 9.17) is 9.47 Å². The highest BCUT2D eigenvalue weighted by Gasteiger charge is 2.24. The number of anilines is 1. The molecule has 1 fully saturated rings. The van der Waals surface area contributed by atoms with Gasteiger partial charge in [0.2, 0.25) is 0 Å². The molecular weight excluding hydrogens is 342 g/mol. The van der Waals surface area contributed by atoms with Gasteiger partial charge in [-0.05, 0) is 19.9 Å². The van der Waals surface area contributed by atoms with Crippen LogP contribution in [0.5, 0.6) is 0 Å². The number of nitro groups is 1. The number of non-ortho nitro benzene ring substituents is 1. The summed E-state index contributed by atoms with van der Waals surface area (Å²) in [6, 6.07) is 4.07. The summed E-state index contributed by atoms with van der Waals surface area (Å²) in [6.45, 7) is 6.45. The Morgan fingerprint density at radius 2 is 1.92 bits per heavy atom. The van der Waals surface area contributed by atoms with E-state index in [1.807, 2.05) is 18.7 Å². The van der Waals surface area contributed by atoms with Crippen LogP contribution in [0.4, 0.5) is 11.4 Å². The molecule has 2 rings (SSSR count). The molecule has 0 N–H and O–H groups in total.